The van der Waals surface area contributed by atoms with E-state index >= 15 is 0 Å². The Morgan fingerprint density at radius 2 is 1.85 bits per heavy atom. The van der Waals surface area contributed by atoms with Crippen molar-refractivity contribution < 1.29 is 29.0 Å². The third kappa shape index (κ3) is 5.65. The van der Waals surface area contributed by atoms with Crippen molar-refractivity contribution in [2.75, 3.05) is 32.8 Å². The molecule has 142 valence electrons. The summed E-state index contributed by atoms with van der Waals surface area (Å²) in [7, 11) is 0. The summed E-state index contributed by atoms with van der Waals surface area (Å²) in [5.74, 6) is -1.02. The molecule has 26 heavy (non-hydrogen) atoms. The van der Waals surface area contributed by atoms with Crippen LogP contribution >= 0.6 is 0 Å². The van der Waals surface area contributed by atoms with E-state index in [0.29, 0.717) is 18.1 Å². The molecule has 0 bridgehead atoms. The summed E-state index contributed by atoms with van der Waals surface area (Å²) in [6, 6.07) is 4.52. The molecule has 1 fully saturated rings. The first-order chi connectivity index (χ1) is 12.5. The number of likely N-dealkylation sites (tertiary alicyclic amines) is 1. The molecule has 2 N–H and O–H groups in total. The van der Waals surface area contributed by atoms with Crippen molar-refractivity contribution in [1.82, 2.24) is 10.2 Å². The molecule has 1 aliphatic heterocycles. The van der Waals surface area contributed by atoms with Gasteiger partial charge < -0.3 is 24.8 Å². The van der Waals surface area contributed by atoms with Crippen LogP contribution < -0.4 is 14.8 Å². The van der Waals surface area contributed by atoms with Crippen LogP contribution in [0.3, 0.4) is 0 Å². The Balaban J connectivity index is 2.01. The Bertz CT molecular complexity index is 655. The highest BCUT2D eigenvalue weighted by Crippen LogP contribution is 2.28. The van der Waals surface area contributed by atoms with Crippen LogP contribution in [0.5, 0.6) is 11.5 Å². The number of ether oxygens (including phenoxy) is 2. The zero-order chi connectivity index (χ0) is 18.9. The highest BCUT2D eigenvalue weighted by Gasteiger charge is 2.18. The second-order valence-corrected chi connectivity index (χ2v) is 5.90. The largest absolute Gasteiger partial charge is 0.490 e. The standard InChI is InChI=1S/C18H24N2O6/c1-2-25-15-10-13(18(24)19-11-17(22)23)6-7-14(15)26-12-16(21)20-8-4-3-5-9-20/h6-7,10H,2-5,8-9,11-12H2,1H3,(H,19,24)(H,22,23). The van der Waals surface area contributed by atoms with E-state index in [0.717, 1.165) is 32.4 Å². The number of carbonyl (C=O) groups is 3. The van der Waals surface area contributed by atoms with Crippen molar-refractivity contribution >= 4 is 17.8 Å². The molecule has 8 heteroatoms. The number of aliphatic carboxylic acids is 1. The minimum absolute atomic E-state index is 0.0737. The SMILES string of the molecule is CCOc1cc(C(=O)NCC(=O)O)ccc1OCC(=O)N1CCCCC1. The van der Waals surface area contributed by atoms with E-state index in [2.05, 4.69) is 5.32 Å². The van der Waals surface area contributed by atoms with E-state index in [-0.39, 0.29) is 18.1 Å². The maximum Gasteiger partial charge on any atom is 0.322 e. The number of hydrogen-bond acceptors (Lipinski definition) is 5. The van der Waals surface area contributed by atoms with Gasteiger partial charge in [0.25, 0.3) is 11.8 Å². The summed E-state index contributed by atoms with van der Waals surface area (Å²) in [5, 5.41) is 10.9. The van der Waals surface area contributed by atoms with Crippen LogP contribution in [0.4, 0.5) is 0 Å². The van der Waals surface area contributed by atoms with Crippen LogP contribution in [0.25, 0.3) is 0 Å². The summed E-state index contributed by atoms with van der Waals surface area (Å²) in [6.07, 6.45) is 3.16. The molecular formula is C18H24N2O6. The molecule has 0 saturated carbocycles. The minimum atomic E-state index is -1.13. The lowest BCUT2D eigenvalue weighted by molar-refractivity contribution is -0.136. The molecule has 1 aliphatic rings. The fourth-order valence-corrected chi connectivity index (χ4v) is 2.67. The molecule has 2 rings (SSSR count). The number of nitrogens with zero attached hydrogens (tertiary/aromatic N) is 1. The number of benzene rings is 1. The average Bonchev–Trinajstić information content (AvgIpc) is 2.65. The number of nitrogens with one attached hydrogen (secondary N) is 1. The number of hydrogen-bond donors (Lipinski definition) is 2. The van der Waals surface area contributed by atoms with Crippen LogP contribution in [-0.4, -0.2) is 60.6 Å². The summed E-state index contributed by atoms with van der Waals surface area (Å²) >= 11 is 0. The third-order valence-corrected chi connectivity index (χ3v) is 3.97. The number of carboxylic acid groups (broad SMARTS) is 1. The van der Waals surface area contributed by atoms with Gasteiger partial charge in [-0.15, -0.1) is 0 Å². The van der Waals surface area contributed by atoms with E-state index in [1.807, 2.05) is 0 Å². The molecule has 1 aromatic carbocycles. The molecule has 8 nitrogen and oxygen atoms in total. The smallest absolute Gasteiger partial charge is 0.322 e. The van der Waals surface area contributed by atoms with Crippen molar-refractivity contribution in [3.8, 4) is 11.5 Å². The Morgan fingerprint density at radius 1 is 1.12 bits per heavy atom. The van der Waals surface area contributed by atoms with Gasteiger partial charge in [-0.1, -0.05) is 0 Å². The molecule has 1 aromatic rings. The lowest BCUT2D eigenvalue weighted by Gasteiger charge is -2.26. The molecule has 1 heterocycles. The normalized spacial score (nSPS) is 13.8. The van der Waals surface area contributed by atoms with Gasteiger partial charge in [-0.2, -0.15) is 0 Å². The van der Waals surface area contributed by atoms with Crippen LogP contribution in [0, 0.1) is 0 Å². The Morgan fingerprint density at radius 3 is 2.50 bits per heavy atom. The Hall–Kier alpha value is -2.77. The summed E-state index contributed by atoms with van der Waals surface area (Å²) in [6.45, 7) is 3.10. The van der Waals surface area contributed by atoms with E-state index in [1.165, 1.54) is 12.1 Å². The second kappa shape index (κ2) is 9.65. The van der Waals surface area contributed by atoms with Crippen LogP contribution in [0.2, 0.25) is 0 Å². The lowest BCUT2D eigenvalue weighted by atomic mass is 10.1. The van der Waals surface area contributed by atoms with Crippen molar-refractivity contribution in [2.45, 2.75) is 26.2 Å². The van der Waals surface area contributed by atoms with Crippen molar-refractivity contribution in [1.29, 1.82) is 0 Å². The molecule has 0 aliphatic carbocycles. The van der Waals surface area contributed by atoms with Crippen LogP contribution in [0.15, 0.2) is 18.2 Å². The molecule has 2 amide bonds. The number of carbonyl (C=O) groups excluding carboxylic acids is 2. The molecule has 0 atom stereocenters. The van der Waals surface area contributed by atoms with Gasteiger partial charge in [0.1, 0.15) is 6.54 Å². The predicted molar refractivity (Wildman–Crippen MR) is 93.5 cm³/mol. The monoisotopic (exact) mass is 364 g/mol. The van der Waals surface area contributed by atoms with Gasteiger partial charge in [0.15, 0.2) is 18.1 Å². The fourth-order valence-electron chi connectivity index (χ4n) is 2.67. The van der Waals surface area contributed by atoms with Gasteiger partial charge in [-0.05, 0) is 44.4 Å². The first-order valence-electron chi connectivity index (χ1n) is 8.68. The van der Waals surface area contributed by atoms with Gasteiger partial charge in [0, 0.05) is 18.7 Å². The van der Waals surface area contributed by atoms with Crippen molar-refractivity contribution in [3.63, 3.8) is 0 Å². The number of piperidine rings is 1. The van der Waals surface area contributed by atoms with Gasteiger partial charge >= 0.3 is 5.97 Å². The predicted octanol–water partition coefficient (Wildman–Crippen LogP) is 1.29. The zero-order valence-corrected chi connectivity index (χ0v) is 14.8. The quantitative estimate of drug-likeness (QED) is 0.720. The fraction of sp³-hybridized carbons (Fsp3) is 0.500. The topological polar surface area (TPSA) is 105 Å². The van der Waals surface area contributed by atoms with Gasteiger partial charge in [-0.25, -0.2) is 0 Å². The zero-order valence-electron chi connectivity index (χ0n) is 14.8. The molecule has 1 saturated heterocycles. The maximum atomic E-state index is 12.2. The summed E-state index contributed by atoms with van der Waals surface area (Å²) in [4.78, 5) is 36.5. The van der Waals surface area contributed by atoms with Gasteiger partial charge in [0.2, 0.25) is 0 Å². The van der Waals surface area contributed by atoms with Crippen molar-refractivity contribution in [3.05, 3.63) is 23.8 Å². The highest BCUT2D eigenvalue weighted by molar-refractivity contribution is 5.96. The number of amides is 2. The van der Waals surface area contributed by atoms with Crippen LogP contribution in [0.1, 0.15) is 36.5 Å². The number of rotatable bonds is 8. The minimum Gasteiger partial charge on any atom is -0.490 e. The molecule has 0 radical (unpaired) electrons. The molecular weight excluding hydrogens is 340 g/mol. The highest BCUT2D eigenvalue weighted by atomic mass is 16.5. The third-order valence-electron chi connectivity index (χ3n) is 3.97. The van der Waals surface area contributed by atoms with E-state index < -0.39 is 18.4 Å². The summed E-state index contributed by atoms with van der Waals surface area (Å²) in [5.41, 5.74) is 0.254. The Labute approximate surface area is 152 Å². The van der Waals surface area contributed by atoms with Crippen LogP contribution in [-0.2, 0) is 9.59 Å². The molecule has 0 aromatic heterocycles. The van der Waals surface area contributed by atoms with E-state index in [1.54, 1.807) is 17.9 Å². The van der Waals surface area contributed by atoms with Crippen molar-refractivity contribution in [2.24, 2.45) is 0 Å². The Kier molecular flexibility index (Phi) is 7.25. The molecule has 0 spiro atoms. The van der Waals surface area contributed by atoms with E-state index in [9.17, 15) is 14.4 Å². The average molecular weight is 364 g/mol. The van der Waals surface area contributed by atoms with Gasteiger partial charge in [0.05, 0.1) is 6.61 Å². The number of carboxylic acids is 1. The molecule has 0 unspecified atom stereocenters. The summed E-state index contributed by atoms with van der Waals surface area (Å²) < 4.78 is 11.1. The first-order valence-corrected chi connectivity index (χ1v) is 8.68. The lowest BCUT2D eigenvalue weighted by Crippen LogP contribution is -2.38. The second-order valence-electron chi connectivity index (χ2n) is 5.90. The maximum absolute atomic E-state index is 12.2. The van der Waals surface area contributed by atoms with Gasteiger partial charge in [-0.3, -0.25) is 14.4 Å². The first kappa shape index (κ1) is 19.6. The van der Waals surface area contributed by atoms with E-state index in [4.69, 9.17) is 14.6 Å².